The summed E-state index contributed by atoms with van der Waals surface area (Å²) in [6, 6.07) is 2.38. The summed E-state index contributed by atoms with van der Waals surface area (Å²) < 4.78 is 1.92. The van der Waals surface area contributed by atoms with E-state index in [-0.39, 0.29) is 6.04 Å². The van der Waals surface area contributed by atoms with E-state index in [0.29, 0.717) is 0 Å². The van der Waals surface area contributed by atoms with Crippen LogP contribution >= 0.6 is 0 Å². The molecule has 1 aromatic heterocycles. The Hall–Kier alpha value is -0.830. The number of aryl methyl sites for hydroxylation is 2. The monoisotopic (exact) mass is 181 g/mol. The minimum Gasteiger partial charge on any atom is -0.327 e. The molecule has 0 bridgehead atoms. The van der Waals surface area contributed by atoms with Crippen LogP contribution in [0.4, 0.5) is 0 Å². The van der Waals surface area contributed by atoms with Gasteiger partial charge in [0.15, 0.2) is 0 Å². The van der Waals surface area contributed by atoms with Crippen LogP contribution in [0.5, 0.6) is 0 Å². The van der Waals surface area contributed by atoms with Gasteiger partial charge in [-0.3, -0.25) is 4.68 Å². The quantitative estimate of drug-likeness (QED) is 0.763. The van der Waals surface area contributed by atoms with Crippen molar-refractivity contribution in [1.29, 1.82) is 0 Å². The Morgan fingerprint density at radius 3 is 2.77 bits per heavy atom. The molecule has 0 radical (unpaired) electrons. The van der Waals surface area contributed by atoms with E-state index in [2.05, 4.69) is 18.1 Å². The standard InChI is InChI=1S/C10H19N3/c1-4-5-9(11)7-10-6-8(2)12-13(10)3/h6,9H,4-5,7,11H2,1-3H3. The van der Waals surface area contributed by atoms with Gasteiger partial charge in [0.05, 0.1) is 5.69 Å². The van der Waals surface area contributed by atoms with Crippen LogP contribution in [0.2, 0.25) is 0 Å². The first-order valence-electron chi connectivity index (χ1n) is 4.88. The minimum absolute atomic E-state index is 0.278. The predicted octanol–water partition coefficient (Wildman–Crippen LogP) is 1.40. The fourth-order valence-electron chi connectivity index (χ4n) is 1.60. The van der Waals surface area contributed by atoms with Gasteiger partial charge in [-0.1, -0.05) is 13.3 Å². The lowest BCUT2D eigenvalue weighted by atomic mass is 10.1. The van der Waals surface area contributed by atoms with E-state index >= 15 is 0 Å². The van der Waals surface area contributed by atoms with Gasteiger partial charge in [0.25, 0.3) is 0 Å². The van der Waals surface area contributed by atoms with Gasteiger partial charge >= 0.3 is 0 Å². The van der Waals surface area contributed by atoms with Crippen LogP contribution in [0.25, 0.3) is 0 Å². The Morgan fingerprint density at radius 1 is 1.62 bits per heavy atom. The second-order valence-electron chi connectivity index (χ2n) is 3.65. The average Bonchev–Trinajstić information content (AvgIpc) is 2.30. The second kappa shape index (κ2) is 4.42. The number of rotatable bonds is 4. The van der Waals surface area contributed by atoms with Crippen molar-refractivity contribution in [3.63, 3.8) is 0 Å². The van der Waals surface area contributed by atoms with E-state index in [4.69, 9.17) is 5.73 Å². The summed E-state index contributed by atoms with van der Waals surface area (Å²) in [5, 5.41) is 4.29. The molecule has 0 saturated heterocycles. The molecule has 0 fully saturated rings. The molecule has 1 heterocycles. The van der Waals surface area contributed by atoms with E-state index in [0.717, 1.165) is 25.0 Å². The zero-order valence-electron chi connectivity index (χ0n) is 8.75. The van der Waals surface area contributed by atoms with Crippen molar-refractivity contribution < 1.29 is 0 Å². The number of nitrogens with zero attached hydrogens (tertiary/aromatic N) is 2. The van der Waals surface area contributed by atoms with Gasteiger partial charge in [-0.2, -0.15) is 5.10 Å². The van der Waals surface area contributed by atoms with E-state index in [1.165, 1.54) is 5.69 Å². The second-order valence-corrected chi connectivity index (χ2v) is 3.65. The summed E-state index contributed by atoms with van der Waals surface area (Å²) in [7, 11) is 1.97. The molecule has 0 aliphatic rings. The van der Waals surface area contributed by atoms with Crippen molar-refractivity contribution in [2.75, 3.05) is 0 Å². The first-order valence-corrected chi connectivity index (χ1v) is 4.88. The van der Waals surface area contributed by atoms with Crippen molar-refractivity contribution >= 4 is 0 Å². The molecule has 0 amide bonds. The SMILES string of the molecule is CCCC(N)Cc1cc(C)nn1C. The van der Waals surface area contributed by atoms with Crippen LogP contribution < -0.4 is 5.73 Å². The zero-order valence-corrected chi connectivity index (χ0v) is 8.75. The number of hydrogen-bond donors (Lipinski definition) is 1. The molecule has 3 heteroatoms. The number of hydrogen-bond acceptors (Lipinski definition) is 2. The van der Waals surface area contributed by atoms with Gasteiger partial charge in [-0.15, -0.1) is 0 Å². The van der Waals surface area contributed by atoms with Gasteiger partial charge in [0, 0.05) is 25.2 Å². The summed E-state index contributed by atoms with van der Waals surface area (Å²) in [6.45, 7) is 4.17. The Kier molecular flexibility index (Phi) is 3.48. The third-order valence-corrected chi connectivity index (χ3v) is 2.23. The molecule has 1 rings (SSSR count). The summed E-state index contributed by atoms with van der Waals surface area (Å²) in [6.07, 6.45) is 3.17. The van der Waals surface area contributed by atoms with Crippen molar-refractivity contribution in [1.82, 2.24) is 9.78 Å². The minimum atomic E-state index is 0.278. The van der Waals surface area contributed by atoms with Crippen LogP contribution in [0.3, 0.4) is 0 Å². The Morgan fingerprint density at radius 2 is 2.31 bits per heavy atom. The fourth-order valence-corrected chi connectivity index (χ4v) is 1.60. The Balaban J connectivity index is 2.57. The van der Waals surface area contributed by atoms with Gasteiger partial charge in [-0.05, 0) is 19.4 Å². The van der Waals surface area contributed by atoms with Crippen LogP contribution in [0, 0.1) is 6.92 Å². The van der Waals surface area contributed by atoms with Crippen LogP contribution in [0.1, 0.15) is 31.2 Å². The normalized spacial score (nSPS) is 13.2. The lowest BCUT2D eigenvalue weighted by Gasteiger charge is -2.09. The molecule has 0 saturated carbocycles. The Bertz CT molecular complexity index is 265. The van der Waals surface area contributed by atoms with Crippen molar-refractivity contribution in [2.24, 2.45) is 12.8 Å². The van der Waals surface area contributed by atoms with Crippen molar-refractivity contribution in [3.05, 3.63) is 17.5 Å². The van der Waals surface area contributed by atoms with Crippen LogP contribution in [0.15, 0.2) is 6.07 Å². The lowest BCUT2D eigenvalue weighted by Crippen LogP contribution is -2.23. The molecular formula is C10H19N3. The summed E-state index contributed by atoms with van der Waals surface area (Å²) in [4.78, 5) is 0. The first kappa shape index (κ1) is 10.3. The highest BCUT2D eigenvalue weighted by atomic mass is 15.3. The molecule has 0 aliphatic heterocycles. The highest BCUT2D eigenvalue weighted by Gasteiger charge is 2.07. The highest BCUT2D eigenvalue weighted by molar-refractivity contribution is 5.09. The molecule has 0 aliphatic carbocycles. The summed E-state index contributed by atoms with van der Waals surface area (Å²) >= 11 is 0. The molecule has 13 heavy (non-hydrogen) atoms. The maximum absolute atomic E-state index is 5.95. The summed E-state index contributed by atoms with van der Waals surface area (Å²) in [5.74, 6) is 0. The number of aromatic nitrogens is 2. The van der Waals surface area contributed by atoms with E-state index in [9.17, 15) is 0 Å². The average molecular weight is 181 g/mol. The van der Waals surface area contributed by atoms with Gasteiger partial charge in [0.1, 0.15) is 0 Å². The third-order valence-electron chi connectivity index (χ3n) is 2.23. The topological polar surface area (TPSA) is 43.8 Å². The maximum atomic E-state index is 5.95. The van der Waals surface area contributed by atoms with E-state index in [1.54, 1.807) is 0 Å². The predicted molar refractivity (Wildman–Crippen MR) is 54.5 cm³/mol. The molecule has 1 atom stereocenters. The van der Waals surface area contributed by atoms with Crippen LogP contribution in [-0.2, 0) is 13.5 Å². The highest BCUT2D eigenvalue weighted by Crippen LogP contribution is 2.06. The molecule has 1 unspecified atom stereocenters. The largest absolute Gasteiger partial charge is 0.327 e. The van der Waals surface area contributed by atoms with E-state index < -0.39 is 0 Å². The molecule has 2 N–H and O–H groups in total. The molecule has 1 aromatic rings. The summed E-state index contributed by atoms with van der Waals surface area (Å²) in [5.41, 5.74) is 8.26. The zero-order chi connectivity index (χ0) is 9.84. The van der Waals surface area contributed by atoms with Crippen molar-refractivity contribution in [3.8, 4) is 0 Å². The smallest absolute Gasteiger partial charge is 0.0596 e. The van der Waals surface area contributed by atoms with Gasteiger partial charge in [-0.25, -0.2) is 0 Å². The molecule has 74 valence electrons. The molecule has 0 aromatic carbocycles. The third kappa shape index (κ3) is 2.84. The molecule has 0 spiro atoms. The number of nitrogens with two attached hydrogens (primary N) is 1. The lowest BCUT2D eigenvalue weighted by molar-refractivity contribution is 0.571. The maximum Gasteiger partial charge on any atom is 0.0596 e. The molecule has 3 nitrogen and oxygen atoms in total. The molecular weight excluding hydrogens is 162 g/mol. The van der Waals surface area contributed by atoms with Gasteiger partial charge in [0.2, 0.25) is 0 Å². The Labute approximate surface area is 79.9 Å². The first-order chi connectivity index (χ1) is 6.13. The van der Waals surface area contributed by atoms with Crippen LogP contribution in [-0.4, -0.2) is 15.8 Å². The van der Waals surface area contributed by atoms with Crippen molar-refractivity contribution in [2.45, 2.75) is 39.2 Å². The van der Waals surface area contributed by atoms with E-state index in [1.807, 2.05) is 18.7 Å². The van der Waals surface area contributed by atoms with Gasteiger partial charge < -0.3 is 5.73 Å². The fraction of sp³-hybridized carbons (Fsp3) is 0.700.